The molecule has 146 valence electrons. The molecule has 0 atom stereocenters. The molecule has 0 heterocycles. The highest BCUT2D eigenvalue weighted by atomic mass is 16.5. The molecule has 1 N–H and O–H groups in total. The van der Waals surface area contributed by atoms with Gasteiger partial charge in [0, 0.05) is 0 Å². The van der Waals surface area contributed by atoms with Crippen molar-refractivity contribution in [1.82, 2.24) is 0 Å². The van der Waals surface area contributed by atoms with Crippen molar-refractivity contribution in [2.75, 3.05) is 6.61 Å². The number of aromatic carboxylic acids is 1. The van der Waals surface area contributed by atoms with Gasteiger partial charge in [0.1, 0.15) is 5.75 Å². The van der Waals surface area contributed by atoms with E-state index < -0.39 is 5.97 Å². The third-order valence-electron chi connectivity index (χ3n) is 4.82. The molecule has 0 unspecified atom stereocenters. The van der Waals surface area contributed by atoms with Crippen LogP contribution in [0.1, 0.15) is 75.1 Å². The lowest BCUT2D eigenvalue weighted by Gasteiger charge is -2.11. The average Bonchev–Trinajstić information content (AvgIpc) is 2.70. The Labute approximate surface area is 163 Å². The first-order valence-corrected chi connectivity index (χ1v) is 10.3. The van der Waals surface area contributed by atoms with Crippen LogP contribution < -0.4 is 4.74 Å². The molecule has 27 heavy (non-hydrogen) atoms. The fourth-order valence-electron chi connectivity index (χ4n) is 3.26. The van der Waals surface area contributed by atoms with Crippen LogP contribution in [-0.2, 0) is 0 Å². The third-order valence-corrected chi connectivity index (χ3v) is 4.82. The molecule has 0 saturated heterocycles. The maximum atomic E-state index is 11.6. The van der Waals surface area contributed by atoms with E-state index in [-0.39, 0.29) is 5.56 Å². The number of carbonyl (C=O) groups is 1. The number of ether oxygens (including phenoxy) is 1. The summed E-state index contributed by atoms with van der Waals surface area (Å²) in [5.74, 6) is -0.297. The molecule has 0 fully saturated rings. The van der Waals surface area contributed by atoms with Crippen molar-refractivity contribution in [3.8, 4) is 16.9 Å². The molecule has 0 aliphatic carbocycles. The lowest BCUT2D eigenvalue weighted by molar-refractivity contribution is 0.0697. The van der Waals surface area contributed by atoms with Crippen LogP contribution in [0.3, 0.4) is 0 Å². The molecule has 0 aromatic heterocycles. The van der Waals surface area contributed by atoms with Crippen molar-refractivity contribution >= 4 is 5.97 Å². The van der Waals surface area contributed by atoms with E-state index >= 15 is 0 Å². The van der Waals surface area contributed by atoms with E-state index in [9.17, 15) is 9.90 Å². The van der Waals surface area contributed by atoms with Crippen LogP contribution in [-0.4, -0.2) is 17.7 Å². The number of unbranched alkanes of at least 4 members (excludes halogenated alkanes) is 8. The predicted octanol–water partition coefficient (Wildman–Crippen LogP) is 6.96. The van der Waals surface area contributed by atoms with Crippen molar-refractivity contribution in [3.05, 3.63) is 54.1 Å². The number of benzene rings is 2. The van der Waals surface area contributed by atoms with Crippen LogP contribution in [0.5, 0.6) is 5.75 Å². The van der Waals surface area contributed by atoms with Gasteiger partial charge >= 0.3 is 5.97 Å². The SMILES string of the molecule is CCCCCCCCCCCOc1ccc(-c2ccccc2)c(C(=O)O)c1. The van der Waals surface area contributed by atoms with Gasteiger partial charge in [0.05, 0.1) is 12.2 Å². The highest BCUT2D eigenvalue weighted by Crippen LogP contribution is 2.27. The Morgan fingerprint density at radius 1 is 0.852 bits per heavy atom. The summed E-state index contributed by atoms with van der Waals surface area (Å²) >= 11 is 0. The molecule has 0 aliphatic rings. The first-order valence-electron chi connectivity index (χ1n) is 10.3. The largest absolute Gasteiger partial charge is 0.494 e. The molecule has 0 saturated carbocycles. The third kappa shape index (κ3) is 7.46. The Balaban J connectivity index is 1.76. The highest BCUT2D eigenvalue weighted by Gasteiger charge is 2.13. The normalized spacial score (nSPS) is 10.7. The van der Waals surface area contributed by atoms with Crippen LogP contribution in [0.15, 0.2) is 48.5 Å². The van der Waals surface area contributed by atoms with Crippen molar-refractivity contribution in [3.63, 3.8) is 0 Å². The Morgan fingerprint density at radius 3 is 2.11 bits per heavy atom. The molecule has 0 amide bonds. The summed E-state index contributed by atoms with van der Waals surface area (Å²) in [7, 11) is 0. The second kappa shape index (κ2) is 12.2. The van der Waals surface area contributed by atoms with Gasteiger partial charge in [-0.2, -0.15) is 0 Å². The van der Waals surface area contributed by atoms with E-state index in [0.29, 0.717) is 12.4 Å². The van der Waals surface area contributed by atoms with Crippen molar-refractivity contribution in [2.24, 2.45) is 0 Å². The topological polar surface area (TPSA) is 46.5 Å². The van der Waals surface area contributed by atoms with Crippen molar-refractivity contribution in [2.45, 2.75) is 64.7 Å². The van der Waals surface area contributed by atoms with Gasteiger partial charge in [0.2, 0.25) is 0 Å². The van der Waals surface area contributed by atoms with Gasteiger partial charge in [0.25, 0.3) is 0 Å². The second-order valence-electron chi connectivity index (χ2n) is 7.06. The maximum Gasteiger partial charge on any atom is 0.336 e. The summed E-state index contributed by atoms with van der Waals surface area (Å²) in [6.45, 7) is 2.88. The van der Waals surface area contributed by atoms with Crippen LogP contribution in [0.2, 0.25) is 0 Å². The molecule has 0 spiro atoms. The summed E-state index contributed by atoms with van der Waals surface area (Å²) in [6, 6.07) is 14.9. The van der Waals surface area contributed by atoms with E-state index in [2.05, 4.69) is 6.92 Å². The number of hydrogen-bond donors (Lipinski definition) is 1. The molecule has 0 bridgehead atoms. The van der Waals surface area contributed by atoms with Gasteiger partial charge < -0.3 is 9.84 Å². The van der Waals surface area contributed by atoms with Gasteiger partial charge in [-0.15, -0.1) is 0 Å². The fourth-order valence-corrected chi connectivity index (χ4v) is 3.26. The lowest BCUT2D eigenvalue weighted by Crippen LogP contribution is -2.02. The number of hydrogen-bond acceptors (Lipinski definition) is 2. The van der Waals surface area contributed by atoms with Crippen LogP contribution in [0, 0.1) is 0 Å². The quantitative estimate of drug-likeness (QED) is 0.389. The molecular weight excluding hydrogens is 336 g/mol. The minimum absolute atomic E-state index is 0.283. The summed E-state index contributed by atoms with van der Waals surface area (Å²) in [5.41, 5.74) is 1.91. The molecular formula is C24H32O3. The van der Waals surface area contributed by atoms with E-state index in [1.807, 2.05) is 42.5 Å². The van der Waals surface area contributed by atoms with Gasteiger partial charge in [-0.1, -0.05) is 88.6 Å². The fraction of sp³-hybridized carbons (Fsp3) is 0.458. The monoisotopic (exact) mass is 368 g/mol. The number of rotatable bonds is 13. The molecule has 3 heteroatoms. The highest BCUT2D eigenvalue weighted by molar-refractivity contribution is 5.96. The minimum atomic E-state index is -0.928. The second-order valence-corrected chi connectivity index (χ2v) is 7.06. The summed E-state index contributed by atoms with van der Waals surface area (Å²) in [5, 5.41) is 9.54. The molecule has 2 rings (SSSR count). The zero-order chi connectivity index (χ0) is 19.3. The molecule has 2 aromatic carbocycles. The van der Waals surface area contributed by atoms with Crippen LogP contribution in [0.25, 0.3) is 11.1 Å². The first-order chi connectivity index (χ1) is 13.2. The van der Waals surface area contributed by atoms with Crippen LogP contribution >= 0.6 is 0 Å². The van der Waals surface area contributed by atoms with E-state index in [4.69, 9.17) is 4.74 Å². The van der Waals surface area contributed by atoms with Gasteiger partial charge in [-0.3, -0.25) is 0 Å². The predicted molar refractivity (Wildman–Crippen MR) is 112 cm³/mol. The zero-order valence-electron chi connectivity index (χ0n) is 16.5. The Hall–Kier alpha value is -2.29. The average molecular weight is 369 g/mol. The Kier molecular flexibility index (Phi) is 9.47. The van der Waals surface area contributed by atoms with Gasteiger partial charge in [-0.05, 0) is 35.7 Å². The standard InChI is InChI=1S/C24H32O3/c1-2-3-4-5-6-7-8-9-13-18-27-21-16-17-22(23(19-21)24(25)26)20-14-11-10-12-15-20/h10-12,14-17,19H,2-9,13,18H2,1H3,(H,25,26). The van der Waals surface area contributed by atoms with Crippen molar-refractivity contribution < 1.29 is 14.6 Å². The van der Waals surface area contributed by atoms with E-state index in [0.717, 1.165) is 17.5 Å². The van der Waals surface area contributed by atoms with E-state index in [1.165, 1.54) is 51.4 Å². The lowest BCUT2D eigenvalue weighted by atomic mass is 9.99. The summed E-state index contributed by atoms with van der Waals surface area (Å²) in [4.78, 5) is 11.6. The Bertz CT molecular complexity index is 679. The molecule has 3 nitrogen and oxygen atoms in total. The smallest absolute Gasteiger partial charge is 0.336 e. The zero-order valence-corrected chi connectivity index (χ0v) is 16.5. The maximum absolute atomic E-state index is 11.6. The summed E-state index contributed by atoms with van der Waals surface area (Å²) < 4.78 is 5.78. The molecule has 2 aromatic rings. The molecule has 0 radical (unpaired) electrons. The first kappa shape index (κ1) is 21.0. The van der Waals surface area contributed by atoms with E-state index in [1.54, 1.807) is 6.07 Å². The van der Waals surface area contributed by atoms with Crippen molar-refractivity contribution in [1.29, 1.82) is 0 Å². The Morgan fingerprint density at radius 2 is 1.48 bits per heavy atom. The molecule has 0 aliphatic heterocycles. The number of carboxylic acids is 1. The van der Waals surface area contributed by atoms with Crippen LogP contribution in [0.4, 0.5) is 0 Å². The van der Waals surface area contributed by atoms with Gasteiger partial charge in [-0.25, -0.2) is 4.79 Å². The summed E-state index contributed by atoms with van der Waals surface area (Å²) in [6.07, 6.45) is 11.5. The minimum Gasteiger partial charge on any atom is -0.494 e. The number of carboxylic acid groups (broad SMARTS) is 1. The van der Waals surface area contributed by atoms with Gasteiger partial charge in [0.15, 0.2) is 0 Å².